The van der Waals surface area contributed by atoms with Crippen LogP contribution >= 0.6 is 11.6 Å². The highest BCUT2D eigenvalue weighted by Crippen LogP contribution is 2.28. The number of carbonyl (C=O) groups excluding carboxylic acids is 3. The van der Waals surface area contributed by atoms with Crippen molar-refractivity contribution in [2.45, 2.75) is 0 Å². The van der Waals surface area contributed by atoms with Gasteiger partial charge in [0.1, 0.15) is 5.69 Å². The number of amides is 2. The van der Waals surface area contributed by atoms with Crippen LogP contribution in [0.25, 0.3) is 0 Å². The Balaban J connectivity index is 1.93. The van der Waals surface area contributed by atoms with E-state index in [1.165, 1.54) is 19.2 Å². The number of hydrogen-bond acceptors (Lipinski definition) is 7. The predicted octanol–water partition coefficient (Wildman–Crippen LogP) is 2.57. The van der Waals surface area contributed by atoms with Gasteiger partial charge in [-0.1, -0.05) is 23.7 Å². The third-order valence-electron chi connectivity index (χ3n) is 4.17. The molecule has 0 unspecified atom stereocenters. The van der Waals surface area contributed by atoms with Gasteiger partial charge in [-0.2, -0.15) is 0 Å². The molecule has 1 N–H and O–H groups in total. The minimum absolute atomic E-state index is 0.0655. The number of nitrogens with one attached hydrogen (secondary N) is 1. The van der Waals surface area contributed by atoms with E-state index < -0.39 is 29.3 Å². The minimum Gasteiger partial charge on any atom is -0.452 e. The van der Waals surface area contributed by atoms with E-state index in [2.05, 4.69) is 5.32 Å². The average molecular weight is 449 g/mol. The van der Waals surface area contributed by atoms with Gasteiger partial charge in [-0.15, -0.1) is 0 Å². The first kappa shape index (κ1) is 23.6. The lowest BCUT2D eigenvalue weighted by molar-refractivity contribution is -0.384. The molecule has 2 aromatic rings. The minimum atomic E-state index is -0.893. The van der Waals surface area contributed by atoms with Crippen molar-refractivity contribution in [3.05, 3.63) is 63.2 Å². The maximum Gasteiger partial charge on any atom is 0.338 e. The summed E-state index contributed by atoms with van der Waals surface area (Å²) in [7, 11) is 4.65. The molecule has 0 spiro atoms. The number of anilines is 2. The van der Waals surface area contributed by atoms with Crippen molar-refractivity contribution >= 4 is 46.4 Å². The van der Waals surface area contributed by atoms with Gasteiger partial charge < -0.3 is 19.9 Å². The van der Waals surface area contributed by atoms with E-state index >= 15 is 0 Å². The molecule has 0 aliphatic carbocycles. The van der Waals surface area contributed by atoms with Crippen LogP contribution in [-0.2, 0) is 14.3 Å². The molecule has 0 saturated heterocycles. The average Bonchev–Trinajstić information content (AvgIpc) is 2.72. The zero-order chi connectivity index (χ0) is 23.1. The SMILES string of the molecule is CN(CC(=O)Nc1ccccc1Cl)C(=O)COC(=O)c1ccc(N(C)C)c([N+](=O)[O-])c1. The number of benzene rings is 2. The summed E-state index contributed by atoms with van der Waals surface area (Å²) in [6, 6.07) is 10.5. The third-order valence-corrected chi connectivity index (χ3v) is 4.50. The zero-order valence-electron chi connectivity index (χ0n) is 17.1. The van der Waals surface area contributed by atoms with Gasteiger partial charge in [0, 0.05) is 27.2 Å². The number of esters is 1. The molecule has 0 aliphatic heterocycles. The maximum absolute atomic E-state index is 12.2. The molecule has 0 aliphatic rings. The molecule has 0 saturated carbocycles. The summed E-state index contributed by atoms with van der Waals surface area (Å²) in [4.78, 5) is 49.7. The van der Waals surface area contributed by atoms with Crippen LogP contribution in [0.4, 0.5) is 17.1 Å². The first-order valence-electron chi connectivity index (χ1n) is 9.01. The highest BCUT2D eigenvalue weighted by Gasteiger charge is 2.21. The number of nitrogens with zero attached hydrogens (tertiary/aromatic N) is 3. The number of hydrogen-bond donors (Lipinski definition) is 1. The van der Waals surface area contributed by atoms with Gasteiger partial charge in [-0.3, -0.25) is 19.7 Å². The van der Waals surface area contributed by atoms with Crippen LogP contribution in [0.15, 0.2) is 42.5 Å². The van der Waals surface area contributed by atoms with Gasteiger partial charge >= 0.3 is 5.97 Å². The number of para-hydroxylation sites is 1. The second-order valence-electron chi connectivity index (χ2n) is 6.71. The molecule has 0 aromatic heterocycles. The lowest BCUT2D eigenvalue weighted by Crippen LogP contribution is -2.37. The van der Waals surface area contributed by atoms with Crippen LogP contribution in [0.1, 0.15) is 10.4 Å². The van der Waals surface area contributed by atoms with Crippen LogP contribution in [-0.4, -0.2) is 61.9 Å². The van der Waals surface area contributed by atoms with Crippen molar-refractivity contribution in [3.63, 3.8) is 0 Å². The van der Waals surface area contributed by atoms with E-state index in [4.69, 9.17) is 16.3 Å². The molecule has 11 heteroatoms. The Bertz CT molecular complexity index is 1010. The molecule has 0 atom stereocenters. The molecule has 0 bridgehead atoms. The standard InChI is InChI=1S/C20H21ClN4O6/c1-23(2)16-9-8-13(10-17(16)25(29)30)20(28)31-12-19(27)24(3)11-18(26)22-15-7-5-4-6-14(15)21/h4-10H,11-12H2,1-3H3,(H,22,26). The predicted molar refractivity (Wildman–Crippen MR) is 115 cm³/mol. The van der Waals surface area contributed by atoms with E-state index in [0.29, 0.717) is 16.4 Å². The Morgan fingerprint density at radius 1 is 1.13 bits per heavy atom. The Kier molecular flexibility index (Phi) is 7.92. The van der Waals surface area contributed by atoms with Crippen LogP contribution < -0.4 is 10.2 Å². The number of rotatable bonds is 8. The lowest BCUT2D eigenvalue weighted by Gasteiger charge is -2.17. The molecular weight excluding hydrogens is 428 g/mol. The quantitative estimate of drug-likeness (QED) is 0.374. The smallest absolute Gasteiger partial charge is 0.338 e. The van der Waals surface area contributed by atoms with Crippen molar-refractivity contribution < 1.29 is 24.0 Å². The van der Waals surface area contributed by atoms with Crippen molar-refractivity contribution in [1.82, 2.24) is 4.90 Å². The van der Waals surface area contributed by atoms with E-state index in [1.807, 2.05) is 0 Å². The van der Waals surface area contributed by atoms with Crippen molar-refractivity contribution in [2.24, 2.45) is 0 Å². The monoisotopic (exact) mass is 448 g/mol. The van der Waals surface area contributed by atoms with E-state index in [9.17, 15) is 24.5 Å². The molecule has 0 heterocycles. The first-order valence-corrected chi connectivity index (χ1v) is 9.39. The summed E-state index contributed by atoms with van der Waals surface area (Å²) >= 11 is 5.97. The summed E-state index contributed by atoms with van der Waals surface area (Å²) in [5.74, 6) is -2.00. The Hall–Kier alpha value is -3.66. The highest BCUT2D eigenvalue weighted by molar-refractivity contribution is 6.33. The van der Waals surface area contributed by atoms with Gasteiger partial charge in [0.15, 0.2) is 6.61 Å². The normalized spacial score (nSPS) is 10.2. The second-order valence-corrected chi connectivity index (χ2v) is 7.12. The van der Waals surface area contributed by atoms with Gasteiger partial charge in [0.2, 0.25) is 5.91 Å². The molecule has 2 rings (SSSR count). The summed E-state index contributed by atoms with van der Waals surface area (Å²) in [5.41, 5.74) is 0.398. The molecule has 2 aromatic carbocycles. The fourth-order valence-electron chi connectivity index (χ4n) is 2.55. The fraction of sp³-hybridized carbons (Fsp3) is 0.250. The summed E-state index contributed by atoms with van der Waals surface area (Å²) in [6.07, 6.45) is 0. The Labute approximate surface area is 183 Å². The number of nitro groups is 1. The largest absolute Gasteiger partial charge is 0.452 e. The van der Waals surface area contributed by atoms with Crippen LogP contribution in [0.2, 0.25) is 5.02 Å². The molecule has 0 radical (unpaired) electrons. The topological polar surface area (TPSA) is 122 Å². The second kappa shape index (κ2) is 10.4. The highest BCUT2D eigenvalue weighted by atomic mass is 35.5. The summed E-state index contributed by atoms with van der Waals surface area (Å²) in [5, 5.41) is 14.2. The van der Waals surface area contributed by atoms with Gasteiger partial charge in [0.25, 0.3) is 11.6 Å². The maximum atomic E-state index is 12.2. The number of carbonyl (C=O) groups is 3. The van der Waals surface area contributed by atoms with E-state index in [-0.39, 0.29) is 17.8 Å². The van der Waals surface area contributed by atoms with Crippen LogP contribution in [0, 0.1) is 10.1 Å². The lowest BCUT2D eigenvalue weighted by atomic mass is 10.1. The van der Waals surface area contributed by atoms with Crippen molar-refractivity contribution in [2.75, 3.05) is 44.5 Å². The van der Waals surface area contributed by atoms with E-state index in [0.717, 1.165) is 11.0 Å². The number of ether oxygens (including phenoxy) is 1. The summed E-state index contributed by atoms with van der Waals surface area (Å²) in [6.45, 7) is -0.914. The van der Waals surface area contributed by atoms with Crippen molar-refractivity contribution in [1.29, 1.82) is 0 Å². The molecule has 0 fully saturated rings. The molecule has 10 nitrogen and oxygen atoms in total. The first-order chi connectivity index (χ1) is 14.6. The third kappa shape index (κ3) is 6.41. The van der Waals surface area contributed by atoms with Gasteiger partial charge in [-0.05, 0) is 24.3 Å². The Morgan fingerprint density at radius 3 is 2.42 bits per heavy atom. The molecular formula is C20H21ClN4O6. The van der Waals surface area contributed by atoms with Gasteiger partial charge in [-0.25, -0.2) is 4.79 Å². The fourth-order valence-corrected chi connectivity index (χ4v) is 2.73. The van der Waals surface area contributed by atoms with Crippen LogP contribution in [0.5, 0.6) is 0 Å². The number of nitro benzene ring substituents is 1. The molecule has 2 amide bonds. The van der Waals surface area contributed by atoms with Gasteiger partial charge in [0.05, 0.1) is 27.7 Å². The van der Waals surface area contributed by atoms with Crippen molar-refractivity contribution in [3.8, 4) is 0 Å². The number of likely N-dealkylation sites (N-methyl/N-ethyl adjacent to an activating group) is 1. The molecule has 31 heavy (non-hydrogen) atoms. The zero-order valence-corrected chi connectivity index (χ0v) is 17.9. The van der Waals surface area contributed by atoms with E-state index in [1.54, 1.807) is 43.3 Å². The molecule has 164 valence electrons. The van der Waals surface area contributed by atoms with Crippen LogP contribution in [0.3, 0.4) is 0 Å². The Morgan fingerprint density at radius 2 is 1.81 bits per heavy atom. The summed E-state index contributed by atoms with van der Waals surface area (Å²) < 4.78 is 4.95. The number of halogens is 1.